The molecular formula is C19H20N2O4. The molecule has 1 aliphatic rings. The molecule has 0 spiro atoms. The number of nitrogens with zero attached hydrogens (tertiary/aromatic N) is 1. The van der Waals surface area contributed by atoms with Gasteiger partial charge in [0.1, 0.15) is 17.5 Å². The highest BCUT2D eigenvalue weighted by Crippen LogP contribution is 2.27. The summed E-state index contributed by atoms with van der Waals surface area (Å²) in [5.41, 5.74) is 1.32. The fraction of sp³-hybridized carbons (Fsp3) is 0.263. The summed E-state index contributed by atoms with van der Waals surface area (Å²) in [6.45, 7) is 2.46. The summed E-state index contributed by atoms with van der Waals surface area (Å²) in [4.78, 5) is 26.2. The smallest absolute Gasteiger partial charge is 0.256 e. The summed E-state index contributed by atoms with van der Waals surface area (Å²) in [5, 5.41) is 3.11. The number of rotatable bonds is 6. The van der Waals surface area contributed by atoms with Crippen LogP contribution in [0.2, 0.25) is 0 Å². The second kappa shape index (κ2) is 7.25. The van der Waals surface area contributed by atoms with Crippen LogP contribution >= 0.6 is 0 Å². The summed E-state index contributed by atoms with van der Waals surface area (Å²) in [6, 6.07) is 13.6. The van der Waals surface area contributed by atoms with Gasteiger partial charge in [-0.15, -0.1) is 0 Å². The van der Waals surface area contributed by atoms with Gasteiger partial charge in [0, 0.05) is 5.69 Å². The van der Waals surface area contributed by atoms with E-state index in [1.54, 1.807) is 43.5 Å². The van der Waals surface area contributed by atoms with E-state index in [0.29, 0.717) is 18.0 Å². The number of anilines is 2. The van der Waals surface area contributed by atoms with Crippen LogP contribution in [0.25, 0.3) is 0 Å². The molecule has 6 nitrogen and oxygen atoms in total. The summed E-state index contributed by atoms with van der Waals surface area (Å²) >= 11 is 0. The van der Waals surface area contributed by atoms with Crippen LogP contribution in [0.5, 0.6) is 11.5 Å². The first kappa shape index (κ1) is 16.8. The molecule has 2 aromatic carbocycles. The van der Waals surface area contributed by atoms with Gasteiger partial charge in [-0.05, 0) is 55.5 Å². The number of carbonyl (C=O) groups excluding carboxylic acids is 2. The minimum absolute atomic E-state index is 0.123. The van der Waals surface area contributed by atoms with Crippen molar-refractivity contribution in [2.75, 3.05) is 23.9 Å². The number of imide groups is 1. The number of carbonyl (C=O) groups is 2. The maximum atomic E-state index is 12.6. The Labute approximate surface area is 146 Å². The standard InChI is InChI=1S/C19H20N2O4/c1-3-25-16-10-6-14(7-11-16)21-18(22)12-17(19(21)23)20-13-4-8-15(24-2)9-5-13/h4-11,17,20H,3,12H2,1-2H3. The minimum atomic E-state index is -0.576. The highest BCUT2D eigenvalue weighted by Gasteiger charge is 2.39. The van der Waals surface area contributed by atoms with E-state index in [0.717, 1.165) is 11.4 Å². The lowest BCUT2D eigenvalue weighted by atomic mass is 10.2. The molecule has 130 valence electrons. The van der Waals surface area contributed by atoms with Crippen molar-refractivity contribution in [1.29, 1.82) is 0 Å². The highest BCUT2D eigenvalue weighted by atomic mass is 16.5. The molecule has 1 aliphatic heterocycles. The Morgan fingerprint density at radius 3 is 2.28 bits per heavy atom. The molecule has 0 aliphatic carbocycles. The van der Waals surface area contributed by atoms with Crippen LogP contribution in [0.3, 0.4) is 0 Å². The predicted molar refractivity (Wildman–Crippen MR) is 95.1 cm³/mol. The van der Waals surface area contributed by atoms with Crippen LogP contribution < -0.4 is 19.7 Å². The van der Waals surface area contributed by atoms with Crippen LogP contribution in [0.1, 0.15) is 13.3 Å². The first-order chi connectivity index (χ1) is 12.1. The molecule has 25 heavy (non-hydrogen) atoms. The molecular weight excluding hydrogens is 320 g/mol. The lowest BCUT2D eigenvalue weighted by molar-refractivity contribution is -0.121. The Bertz CT molecular complexity index is 756. The molecule has 1 atom stereocenters. The van der Waals surface area contributed by atoms with E-state index >= 15 is 0 Å². The van der Waals surface area contributed by atoms with Crippen molar-refractivity contribution in [3.05, 3.63) is 48.5 Å². The molecule has 1 unspecified atom stereocenters. The molecule has 1 N–H and O–H groups in total. The summed E-state index contributed by atoms with van der Waals surface area (Å²) in [5.74, 6) is 0.957. The van der Waals surface area contributed by atoms with Gasteiger partial charge in [-0.1, -0.05) is 0 Å². The number of methoxy groups -OCH3 is 1. The van der Waals surface area contributed by atoms with E-state index in [1.807, 2.05) is 19.1 Å². The average Bonchev–Trinajstić information content (AvgIpc) is 2.90. The average molecular weight is 340 g/mol. The maximum absolute atomic E-state index is 12.6. The van der Waals surface area contributed by atoms with E-state index in [4.69, 9.17) is 9.47 Å². The van der Waals surface area contributed by atoms with Crippen LogP contribution in [-0.2, 0) is 9.59 Å². The zero-order chi connectivity index (χ0) is 17.8. The third-order valence-electron chi connectivity index (χ3n) is 3.98. The molecule has 2 aromatic rings. The number of amides is 2. The van der Waals surface area contributed by atoms with Crippen molar-refractivity contribution in [3.8, 4) is 11.5 Å². The predicted octanol–water partition coefficient (Wildman–Crippen LogP) is 2.84. The van der Waals surface area contributed by atoms with Crippen molar-refractivity contribution < 1.29 is 19.1 Å². The molecule has 0 radical (unpaired) electrons. The van der Waals surface area contributed by atoms with Crippen LogP contribution in [0, 0.1) is 0 Å². The van der Waals surface area contributed by atoms with E-state index in [2.05, 4.69) is 5.32 Å². The van der Waals surface area contributed by atoms with Gasteiger partial charge in [-0.3, -0.25) is 9.59 Å². The van der Waals surface area contributed by atoms with Crippen LogP contribution in [0.15, 0.2) is 48.5 Å². The Morgan fingerprint density at radius 2 is 1.68 bits per heavy atom. The fourth-order valence-electron chi connectivity index (χ4n) is 2.76. The van der Waals surface area contributed by atoms with Gasteiger partial charge in [0.15, 0.2) is 0 Å². The van der Waals surface area contributed by atoms with Gasteiger partial charge in [0.25, 0.3) is 5.91 Å². The van der Waals surface area contributed by atoms with Gasteiger partial charge < -0.3 is 14.8 Å². The molecule has 1 saturated heterocycles. The monoisotopic (exact) mass is 340 g/mol. The maximum Gasteiger partial charge on any atom is 0.256 e. The normalized spacial score (nSPS) is 16.9. The number of ether oxygens (including phenoxy) is 2. The number of nitrogens with one attached hydrogen (secondary N) is 1. The molecule has 1 fully saturated rings. The first-order valence-electron chi connectivity index (χ1n) is 8.12. The van der Waals surface area contributed by atoms with E-state index < -0.39 is 6.04 Å². The zero-order valence-electron chi connectivity index (χ0n) is 14.2. The molecule has 3 rings (SSSR count). The third kappa shape index (κ3) is 3.57. The molecule has 2 amide bonds. The number of benzene rings is 2. The lowest BCUT2D eigenvalue weighted by Crippen LogP contribution is -2.34. The SMILES string of the molecule is CCOc1ccc(N2C(=O)CC(Nc3ccc(OC)cc3)C2=O)cc1. The van der Waals surface area contributed by atoms with Crippen LogP contribution in [-0.4, -0.2) is 31.6 Å². The Balaban J connectivity index is 1.72. The van der Waals surface area contributed by atoms with Gasteiger partial charge in [-0.2, -0.15) is 0 Å². The minimum Gasteiger partial charge on any atom is -0.497 e. The van der Waals surface area contributed by atoms with E-state index in [9.17, 15) is 9.59 Å². The zero-order valence-corrected chi connectivity index (χ0v) is 14.2. The summed E-state index contributed by atoms with van der Waals surface area (Å²) < 4.78 is 10.5. The second-order valence-corrected chi connectivity index (χ2v) is 5.62. The van der Waals surface area contributed by atoms with Crippen molar-refractivity contribution in [2.45, 2.75) is 19.4 Å². The first-order valence-corrected chi connectivity index (χ1v) is 8.12. The quantitative estimate of drug-likeness (QED) is 0.819. The van der Waals surface area contributed by atoms with Gasteiger partial charge in [-0.25, -0.2) is 4.90 Å². The van der Waals surface area contributed by atoms with Crippen molar-refractivity contribution >= 4 is 23.2 Å². The highest BCUT2D eigenvalue weighted by molar-refractivity contribution is 6.23. The topological polar surface area (TPSA) is 67.9 Å². The van der Waals surface area contributed by atoms with Crippen molar-refractivity contribution in [3.63, 3.8) is 0 Å². The van der Waals surface area contributed by atoms with Crippen molar-refractivity contribution in [2.24, 2.45) is 0 Å². The lowest BCUT2D eigenvalue weighted by Gasteiger charge is -2.16. The Kier molecular flexibility index (Phi) is 4.88. The summed E-state index contributed by atoms with van der Waals surface area (Å²) in [6.07, 6.45) is 0.123. The van der Waals surface area contributed by atoms with Crippen molar-refractivity contribution in [1.82, 2.24) is 0 Å². The third-order valence-corrected chi connectivity index (χ3v) is 3.98. The Hall–Kier alpha value is -3.02. The summed E-state index contributed by atoms with van der Waals surface area (Å²) in [7, 11) is 1.59. The second-order valence-electron chi connectivity index (χ2n) is 5.62. The molecule has 0 aromatic heterocycles. The molecule has 0 bridgehead atoms. The molecule has 1 heterocycles. The van der Waals surface area contributed by atoms with Gasteiger partial charge >= 0.3 is 0 Å². The fourth-order valence-corrected chi connectivity index (χ4v) is 2.76. The van der Waals surface area contributed by atoms with Gasteiger partial charge in [0.2, 0.25) is 5.91 Å². The van der Waals surface area contributed by atoms with E-state index in [1.165, 1.54) is 4.90 Å². The Morgan fingerprint density at radius 1 is 1.04 bits per heavy atom. The molecule has 6 heteroatoms. The largest absolute Gasteiger partial charge is 0.497 e. The van der Waals surface area contributed by atoms with Gasteiger partial charge in [0.05, 0.1) is 25.8 Å². The molecule has 0 saturated carbocycles. The number of hydrogen-bond acceptors (Lipinski definition) is 5. The van der Waals surface area contributed by atoms with E-state index in [-0.39, 0.29) is 18.2 Å². The van der Waals surface area contributed by atoms with Crippen LogP contribution in [0.4, 0.5) is 11.4 Å². The number of hydrogen-bond donors (Lipinski definition) is 1.